The molecule has 0 unspecified atom stereocenters. The molecular formula is C21H22N4O2. The van der Waals surface area contributed by atoms with Crippen LogP contribution in [0.5, 0.6) is 0 Å². The Labute approximate surface area is 158 Å². The van der Waals surface area contributed by atoms with Crippen LogP contribution in [0.4, 0.5) is 5.69 Å². The second-order valence-corrected chi connectivity index (χ2v) is 6.05. The molecule has 3 aromatic rings. The second kappa shape index (κ2) is 8.31. The fourth-order valence-corrected chi connectivity index (χ4v) is 2.82. The van der Waals surface area contributed by atoms with Gasteiger partial charge in [0.1, 0.15) is 5.69 Å². The van der Waals surface area contributed by atoms with Crippen LogP contribution in [-0.2, 0) is 0 Å². The lowest BCUT2D eigenvalue weighted by molar-refractivity contribution is 0.0772. The van der Waals surface area contributed by atoms with Crippen LogP contribution in [0.3, 0.4) is 0 Å². The average Bonchev–Trinajstić information content (AvgIpc) is 3.20. The van der Waals surface area contributed by atoms with E-state index in [-0.39, 0.29) is 11.8 Å². The van der Waals surface area contributed by atoms with Gasteiger partial charge in [-0.3, -0.25) is 14.7 Å². The lowest BCUT2D eigenvalue weighted by Gasteiger charge is -2.18. The molecule has 6 nitrogen and oxygen atoms in total. The number of carbonyl (C=O) groups excluding carboxylic acids is 2. The molecule has 138 valence electrons. The number of benzene rings is 2. The van der Waals surface area contributed by atoms with E-state index in [1.165, 1.54) is 0 Å². The summed E-state index contributed by atoms with van der Waals surface area (Å²) in [5, 5.41) is 9.77. The molecule has 2 N–H and O–H groups in total. The number of aromatic amines is 1. The van der Waals surface area contributed by atoms with Crippen molar-refractivity contribution in [1.29, 1.82) is 0 Å². The summed E-state index contributed by atoms with van der Waals surface area (Å²) in [6.45, 7) is 5.16. The van der Waals surface area contributed by atoms with E-state index in [2.05, 4.69) is 15.5 Å². The van der Waals surface area contributed by atoms with Crippen molar-refractivity contribution < 1.29 is 9.59 Å². The summed E-state index contributed by atoms with van der Waals surface area (Å²) in [5.74, 6) is -0.360. The molecule has 6 heteroatoms. The number of nitrogens with one attached hydrogen (secondary N) is 2. The minimum Gasteiger partial charge on any atom is -0.339 e. The molecule has 1 aromatic heterocycles. The Balaban J connectivity index is 1.74. The fourth-order valence-electron chi connectivity index (χ4n) is 2.82. The van der Waals surface area contributed by atoms with E-state index in [1.807, 2.05) is 44.2 Å². The lowest BCUT2D eigenvalue weighted by atomic mass is 10.1. The van der Waals surface area contributed by atoms with Crippen molar-refractivity contribution in [3.8, 4) is 11.3 Å². The Kier molecular flexibility index (Phi) is 5.66. The van der Waals surface area contributed by atoms with E-state index >= 15 is 0 Å². The molecule has 3 rings (SSSR count). The molecule has 2 aromatic carbocycles. The van der Waals surface area contributed by atoms with Crippen molar-refractivity contribution >= 4 is 17.5 Å². The number of aromatic nitrogens is 2. The predicted molar refractivity (Wildman–Crippen MR) is 106 cm³/mol. The van der Waals surface area contributed by atoms with E-state index in [9.17, 15) is 9.59 Å². The number of hydrogen-bond donors (Lipinski definition) is 2. The number of anilines is 1. The van der Waals surface area contributed by atoms with Gasteiger partial charge in [0.05, 0.1) is 5.69 Å². The van der Waals surface area contributed by atoms with Gasteiger partial charge in [0, 0.05) is 29.9 Å². The van der Waals surface area contributed by atoms with Crippen molar-refractivity contribution in [3.05, 3.63) is 71.9 Å². The standard InChI is InChI=1S/C21H22N4O2/c1-3-25(4-2)21(27)16-11-8-12-17(13-16)22-20(26)19-14-18(23-24-19)15-9-6-5-7-10-15/h5-14H,3-4H2,1-2H3,(H,22,26)(H,23,24). The molecule has 0 bridgehead atoms. The van der Waals surface area contributed by atoms with Gasteiger partial charge in [-0.05, 0) is 38.1 Å². The van der Waals surface area contributed by atoms with Crippen LogP contribution in [0.25, 0.3) is 11.3 Å². The number of amides is 2. The van der Waals surface area contributed by atoms with Crippen LogP contribution in [0.1, 0.15) is 34.7 Å². The SMILES string of the molecule is CCN(CC)C(=O)c1cccc(NC(=O)c2cc(-c3ccccc3)n[nH]2)c1. The average molecular weight is 362 g/mol. The zero-order valence-corrected chi connectivity index (χ0v) is 15.4. The minimum absolute atomic E-state index is 0.0518. The topological polar surface area (TPSA) is 78.1 Å². The molecule has 0 fully saturated rings. The van der Waals surface area contributed by atoms with Crippen molar-refractivity contribution in [3.63, 3.8) is 0 Å². The maximum Gasteiger partial charge on any atom is 0.273 e. The molecule has 0 aliphatic carbocycles. The van der Waals surface area contributed by atoms with E-state index in [4.69, 9.17) is 0 Å². The van der Waals surface area contributed by atoms with Crippen LogP contribution in [0.15, 0.2) is 60.7 Å². The monoisotopic (exact) mass is 362 g/mol. The van der Waals surface area contributed by atoms with Crippen molar-refractivity contribution in [1.82, 2.24) is 15.1 Å². The van der Waals surface area contributed by atoms with Crippen LogP contribution < -0.4 is 5.32 Å². The highest BCUT2D eigenvalue weighted by atomic mass is 16.2. The molecule has 2 amide bonds. The zero-order chi connectivity index (χ0) is 19.2. The van der Waals surface area contributed by atoms with Crippen molar-refractivity contribution in [2.24, 2.45) is 0 Å². The first-order valence-corrected chi connectivity index (χ1v) is 8.94. The zero-order valence-electron chi connectivity index (χ0n) is 15.4. The van der Waals surface area contributed by atoms with Crippen molar-refractivity contribution in [2.75, 3.05) is 18.4 Å². The summed E-state index contributed by atoms with van der Waals surface area (Å²) >= 11 is 0. The van der Waals surface area contributed by atoms with E-state index in [0.29, 0.717) is 35.7 Å². The Hall–Kier alpha value is -3.41. The van der Waals surface area contributed by atoms with E-state index < -0.39 is 0 Å². The van der Waals surface area contributed by atoms with Gasteiger partial charge in [0.2, 0.25) is 0 Å². The highest BCUT2D eigenvalue weighted by Gasteiger charge is 2.15. The van der Waals surface area contributed by atoms with Crippen LogP contribution >= 0.6 is 0 Å². The second-order valence-electron chi connectivity index (χ2n) is 6.05. The Morgan fingerprint density at radius 1 is 1.00 bits per heavy atom. The summed E-state index contributed by atoms with van der Waals surface area (Å²) in [7, 11) is 0. The van der Waals surface area contributed by atoms with E-state index in [1.54, 1.807) is 35.2 Å². The molecule has 0 aliphatic heterocycles. The summed E-state index contributed by atoms with van der Waals surface area (Å²) in [4.78, 5) is 26.7. The van der Waals surface area contributed by atoms with Crippen LogP contribution in [0, 0.1) is 0 Å². The maximum atomic E-state index is 12.5. The molecule has 0 saturated carbocycles. The van der Waals surface area contributed by atoms with Gasteiger partial charge >= 0.3 is 0 Å². The van der Waals surface area contributed by atoms with Gasteiger partial charge in [-0.15, -0.1) is 0 Å². The molecule has 1 heterocycles. The van der Waals surface area contributed by atoms with Gasteiger partial charge in [0.15, 0.2) is 0 Å². The Morgan fingerprint density at radius 2 is 1.74 bits per heavy atom. The quantitative estimate of drug-likeness (QED) is 0.700. The van der Waals surface area contributed by atoms with Crippen molar-refractivity contribution in [2.45, 2.75) is 13.8 Å². The number of hydrogen-bond acceptors (Lipinski definition) is 3. The lowest BCUT2D eigenvalue weighted by Crippen LogP contribution is -2.30. The first-order valence-electron chi connectivity index (χ1n) is 8.94. The third kappa shape index (κ3) is 4.23. The van der Waals surface area contributed by atoms with Crippen LogP contribution in [0.2, 0.25) is 0 Å². The molecule has 0 saturated heterocycles. The molecule has 27 heavy (non-hydrogen) atoms. The number of carbonyl (C=O) groups is 2. The van der Waals surface area contributed by atoms with Gasteiger partial charge in [0.25, 0.3) is 11.8 Å². The minimum atomic E-state index is -0.308. The van der Waals surface area contributed by atoms with Gasteiger partial charge < -0.3 is 10.2 Å². The van der Waals surface area contributed by atoms with Crippen LogP contribution in [-0.4, -0.2) is 40.0 Å². The van der Waals surface area contributed by atoms with Gasteiger partial charge in [-0.1, -0.05) is 36.4 Å². The first-order chi connectivity index (χ1) is 13.1. The third-order valence-electron chi connectivity index (χ3n) is 4.31. The first kappa shape index (κ1) is 18.4. The third-order valence-corrected chi connectivity index (χ3v) is 4.31. The molecule has 0 radical (unpaired) electrons. The molecule has 0 aliphatic rings. The summed E-state index contributed by atoms with van der Waals surface area (Å²) < 4.78 is 0. The summed E-state index contributed by atoms with van der Waals surface area (Å²) in [6, 6.07) is 18.3. The van der Waals surface area contributed by atoms with Gasteiger partial charge in [-0.25, -0.2) is 0 Å². The number of nitrogens with zero attached hydrogens (tertiary/aromatic N) is 2. The highest BCUT2D eigenvalue weighted by Crippen LogP contribution is 2.18. The molecular weight excluding hydrogens is 340 g/mol. The Morgan fingerprint density at radius 3 is 2.44 bits per heavy atom. The number of rotatable bonds is 6. The largest absolute Gasteiger partial charge is 0.339 e. The smallest absolute Gasteiger partial charge is 0.273 e. The maximum absolute atomic E-state index is 12.5. The normalized spacial score (nSPS) is 10.4. The van der Waals surface area contributed by atoms with E-state index in [0.717, 1.165) is 5.56 Å². The number of H-pyrrole nitrogens is 1. The predicted octanol–water partition coefficient (Wildman–Crippen LogP) is 3.81. The van der Waals surface area contributed by atoms with Gasteiger partial charge in [-0.2, -0.15) is 5.10 Å². The highest BCUT2D eigenvalue weighted by molar-refractivity contribution is 6.04. The Bertz CT molecular complexity index is 930. The molecule has 0 spiro atoms. The summed E-state index contributed by atoms with van der Waals surface area (Å²) in [6.07, 6.45) is 0. The summed E-state index contributed by atoms with van der Waals surface area (Å²) in [5.41, 5.74) is 3.10. The fraction of sp³-hybridized carbons (Fsp3) is 0.190. The molecule has 0 atom stereocenters.